The van der Waals surface area contributed by atoms with Crippen LogP contribution in [0, 0.1) is 5.92 Å². The van der Waals surface area contributed by atoms with Gasteiger partial charge in [0.15, 0.2) is 6.23 Å². The van der Waals surface area contributed by atoms with Crippen LogP contribution in [0.15, 0.2) is 12.2 Å². The largest absolute Gasteiger partial charge is 0.507 e. The summed E-state index contributed by atoms with van der Waals surface area (Å²) in [7, 11) is 0. The molecule has 0 bridgehead atoms. The van der Waals surface area contributed by atoms with Crippen LogP contribution in [0.2, 0.25) is 0 Å². The van der Waals surface area contributed by atoms with Crippen molar-refractivity contribution in [1.29, 1.82) is 0 Å². The van der Waals surface area contributed by atoms with Crippen molar-refractivity contribution < 1.29 is 14.6 Å². The molecule has 2 aliphatic rings. The first-order chi connectivity index (χ1) is 5.75. The van der Waals surface area contributed by atoms with Crippen molar-refractivity contribution >= 4 is 6.16 Å². The highest BCUT2D eigenvalue weighted by Gasteiger charge is 2.35. The van der Waals surface area contributed by atoms with Crippen LogP contribution in [-0.2, 0) is 4.74 Å². The van der Waals surface area contributed by atoms with Crippen LogP contribution < -0.4 is 5.32 Å². The standard InChI is InChI=1S/C8H11NO3/c10-8(11)12-7-4-5-2-1-3-6(5)9-7/h1,3,5-7,9H,2,4H2,(H,10,11)/t5-,6+,7-/m0/s1. The van der Waals surface area contributed by atoms with Gasteiger partial charge in [-0.2, -0.15) is 0 Å². The lowest BCUT2D eigenvalue weighted by Gasteiger charge is -2.09. The summed E-state index contributed by atoms with van der Waals surface area (Å²) in [5, 5.41) is 11.5. The Hall–Kier alpha value is -1.03. The fourth-order valence-electron chi connectivity index (χ4n) is 1.90. The second-order valence-electron chi connectivity index (χ2n) is 3.22. The number of hydrogen-bond acceptors (Lipinski definition) is 3. The highest BCUT2D eigenvalue weighted by molar-refractivity contribution is 5.57. The zero-order valence-electron chi connectivity index (χ0n) is 6.56. The second kappa shape index (κ2) is 2.79. The van der Waals surface area contributed by atoms with Gasteiger partial charge in [-0.3, -0.25) is 5.32 Å². The molecule has 0 saturated carbocycles. The van der Waals surface area contributed by atoms with Crippen LogP contribution in [0.25, 0.3) is 0 Å². The Balaban J connectivity index is 1.90. The average molecular weight is 169 g/mol. The van der Waals surface area contributed by atoms with Gasteiger partial charge in [-0.1, -0.05) is 12.2 Å². The minimum absolute atomic E-state index is 0.303. The smallest absolute Gasteiger partial charge is 0.450 e. The predicted molar refractivity (Wildman–Crippen MR) is 41.7 cm³/mol. The fraction of sp³-hybridized carbons (Fsp3) is 0.625. The normalized spacial score (nSPS) is 38.2. The highest BCUT2D eigenvalue weighted by Crippen LogP contribution is 2.30. The zero-order valence-corrected chi connectivity index (χ0v) is 6.56. The van der Waals surface area contributed by atoms with Gasteiger partial charge >= 0.3 is 6.16 Å². The Kier molecular flexibility index (Phi) is 1.77. The topological polar surface area (TPSA) is 58.6 Å². The van der Waals surface area contributed by atoms with E-state index in [2.05, 4.69) is 22.2 Å². The fourth-order valence-corrected chi connectivity index (χ4v) is 1.90. The summed E-state index contributed by atoms with van der Waals surface area (Å²) in [5.74, 6) is 0.536. The lowest BCUT2D eigenvalue weighted by Crippen LogP contribution is -2.31. The first kappa shape index (κ1) is 7.61. The summed E-state index contributed by atoms with van der Waals surface area (Å²) in [5.41, 5.74) is 0. The van der Waals surface area contributed by atoms with E-state index in [1.807, 2.05) is 0 Å². The summed E-state index contributed by atoms with van der Waals surface area (Å²) < 4.78 is 4.62. The van der Waals surface area contributed by atoms with Crippen molar-refractivity contribution in [2.45, 2.75) is 25.1 Å². The number of fused-ring (bicyclic) bond motifs is 1. The maximum atomic E-state index is 10.2. The molecule has 12 heavy (non-hydrogen) atoms. The number of nitrogens with one attached hydrogen (secondary N) is 1. The van der Waals surface area contributed by atoms with Crippen molar-refractivity contribution in [3.05, 3.63) is 12.2 Å². The molecule has 66 valence electrons. The van der Waals surface area contributed by atoms with Crippen LogP contribution in [0.3, 0.4) is 0 Å². The van der Waals surface area contributed by atoms with Crippen molar-refractivity contribution in [2.24, 2.45) is 5.92 Å². The third-order valence-corrected chi connectivity index (χ3v) is 2.43. The molecular formula is C8H11NO3. The van der Waals surface area contributed by atoms with Crippen LogP contribution in [0.1, 0.15) is 12.8 Å². The van der Waals surface area contributed by atoms with Crippen molar-refractivity contribution in [3.63, 3.8) is 0 Å². The Bertz CT molecular complexity index is 226. The zero-order chi connectivity index (χ0) is 8.55. The quantitative estimate of drug-likeness (QED) is 0.453. The van der Waals surface area contributed by atoms with Gasteiger partial charge in [0.25, 0.3) is 0 Å². The predicted octanol–water partition coefficient (Wildman–Crippen LogP) is 0.945. The summed E-state index contributed by atoms with van der Waals surface area (Å²) >= 11 is 0. The number of rotatable bonds is 1. The van der Waals surface area contributed by atoms with E-state index in [0.29, 0.717) is 12.0 Å². The van der Waals surface area contributed by atoms with Crippen molar-refractivity contribution in [3.8, 4) is 0 Å². The van der Waals surface area contributed by atoms with Gasteiger partial charge in [-0.15, -0.1) is 0 Å². The van der Waals surface area contributed by atoms with E-state index in [0.717, 1.165) is 12.8 Å². The Morgan fingerprint density at radius 2 is 2.50 bits per heavy atom. The Morgan fingerprint density at radius 3 is 3.17 bits per heavy atom. The molecule has 4 nitrogen and oxygen atoms in total. The minimum Gasteiger partial charge on any atom is -0.450 e. The molecule has 1 aliphatic carbocycles. The molecule has 1 heterocycles. The SMILES string of the molecule is O=C(O)O[C@H]1C[C@@H]2CC=C[C@H]2N1. The molecule has 1 saturated heterocycles. The van der Waals surface area contributed by atoms with E-state index in [4.69, 9.17) is 5.11 Å². The molecule has 2 N–H and O–H groups in total. The summed E-state index contributed by atoms with van der Waals surface area (Å²) in [6.07, 6.45) is 4.54. The van der Waals surface area contributed by atoms with E-state index >= 15 is 0 Å². The van der Waals surface area contributed by atoms with Gasteiger partial charge in [-0.05, 0) is 12.3 Å². The van der Waals surface area contributed by atoms with Crippen LogP contribution in [0.4, 0.5) is 4.79 Å². The molecule has 2 rings (SSSR count). The molecular weight excluding hydrogens is 158 g/mol. The van der Waals surface area contributed by atoms with Gasteiger partial charge in [0, 0.05) is 12.5 Å². The maximum absolute atomic E-state index is 10.2. The molecule has 0 aromatic carbocycles. The Morgan fingerprint density at radius 1 is 1.67 bits per heavy atom. The van der Waals surface area contributed by atoms with Gasteiger partial charge in [0.05, 0.1) is 0 Å². The molecule has 4 heteroatoms. The molecule has 0 radical (unpaired) electrons. The highest BCUT2D eigenvalue weighted by atomic mass is 16.7. The van der Waals surface area contributed by atoms with E-state index in [9.17, 15) is 4.79 Å². The van der Waals surface area contributed by atoms with E-state index in [1.165, 1.54) is 0 Å². The third-order valence-electron chi connectivity index (χ3n) is 2.43. The third kappa shape index (κ3) is 1.30. The van der Waals surface area contributed by atoms with Gasteiger partial charge < -0.3 is 9.84 Å². The maximum Gasteiger partial charge on any atom is 0.507 e. The van der Waals surface area contributed by atoms with E-state index in [-0.39, 0.29) is 6.23 Å². The van der Waals surface area contributed by atoms with Gasteiger partial charge in [0.2, 0.25) is 0 Å². The molecule has 1 fully saturated rings. The molecule has 0 aromatic heterocycles. The summed E-state index contributed by atoms with van der Waals surface area (Å²) in [4.78, 5) is 10.2. The molecule has 0 amide bonds. The van der Waals surface area contributed by atoms with Crippen LogP contribution in [0.5, 0.6) is 0 Å². The first-order valence-corrected chi connectivity index (χ1v) is 4.08. The van der Waals surface area contributed by atoms with Crippen molar-refractivity contribution in [2.75, 3.05) is 0 Å². The second-order valence-corrected chi connectivity index (χ2v) is 3.22. The number of allylic oxidation sites excluding steroid dienone is 1. The first-order valence-electron chi connectivity index (χ1n) is 4.08. The monoisotopic (exact) mass is 169 g/mol. The lowest BCUT2D eigenvalue weighted by atomic mass is 10.0. The molecule has 1 aliphatic heterocycles. The number of carbonyl (C=O) groups is 1. The van der Waals surface area contributed by atoms with Gasteiger partial charge in [-0.25, -0.2) is 4.79 Å². The molecule has 0 aromatic rings. The number of hydrogen-bond donors (Lipinski definition) is 2. The molecule has 3 atom stereocenters. The van der Waals surface area contributed by atoms with E-state index in [1.54, 1.807) is 0 Å². The minimum atomic E-state index is -1.20. The summed E-state index contributed by atoms with van der Waals surface area (Å²) in [6.45, 7) is 0. The molecule has 0 spiro atoms. The number of ether oxygens (including phenoxy) is 1. The molecule has 0 unspecified atom stereocenters. The van der Waals surface area contributed by atoms with Crippen LogP contribution in [-0.4, -0.2) is 23.5 Å². The Labute approximate surface area is 70.2 Å². The average Bonchev–Trinajstić information content (AvgIpc) is 2.43. The lowest BCUT2D eigenvalue weighted by molar-refractivity contribution is 0.0434. The summed E-state index contributed by atoms with van der Waals surface area (Å²) in [6, 6.07) is 0.328. The van der Waals surface area contributed by atoms with E-state index < -0.39 is 6.16 Å². The number of carboxylic acid groups (broad SMARTS) is 1. The van der Waals surface area contributed by atoms with Crippen molar-refractivity contribution in [1.82, 2.24) is 5.32 Å². The van der Waals surface area contributed by atoms with Crippen LogP contribution >= 0.6 is 0 Å². The van der Waals surface area contributed by atoms with Gasteiger partial charge in [0.1, 0.15) is 0 Å².